The molecule has 0 amide bonds. The van der Waals surface area contributed by atoms with E-state index in [9.17, 15) is 10.1 Å². The SMILES string of the molecule is Cc1cc([N+](=O)[O-])ccc1Oc1cccc(C2CC2)c1. The molecule has 0 spiro atoms. The zero-order valence-electron chi connectivity index (χ0n) is 11.2. The lowest BCUT2D eigenvalue weighted by molar-refractivity contribution is -0.384. The van der Waals surface area contributed by atoms with Crippen molar-refractivity contribution in [1.82, 2.24) is 0 Å². The van der Waals surface area contributed by atoms with Gasteiger partial charge in [0.25, 0.3) is 5.69 Å². The molecule has 102 valence electrons. The number of aryl methyl sites for hydroxylation is 1. The van der Waals surface area contributed by atoms with Gasteiger partial charge in [-0.2, -0.15) is 0 Å². The average Bonchev–Trinajstić information content (AvgIpc) is 3.25. The Bertz CT molecular complexity index is 663. The van der Waals surface area contributed by atoms with Crippen molar-refractivity contribution in [1.29, 1.82) is 0 Å². The van der Waals surface area contributed by atoms with Gasteiger partial charge in [-0.1, -0.05) is 12.1 Å². The van der Waals surface area contributed by atoms with E-state index in [2.05, 4.69) is 12.1 Å². The summed E-state index contributed by atoms with van der Waals surface area (Å²) in [5.74, 6) is 2.12. The normalized spacial score (nSPS) is 14.1. The summed E-state index contributed by atoms with van der Waals surface area (Å²) < 4.78 is 5.84. The van der Waals surface area contributed by atoms with Crippen LogP contribution in [0, 0.1) is 17.0 Å². The van der Waals surface area contributed by atoms with Gasteiger partial charge in [0.1, 0.15) is 11.5 Å². The molecule has 1 aliphatic carbocycles. The molecule has 0 unspecified atom stereocenters. The first-order valence-electron chi connectivity index (χ1n) is 6.66. The highest BCUT2D eigenvalue weighted by Gasteiger charge is 2.23. The maximum atomic E-state index is 10.7. The summed E-state index contributed by atoms with van der Waals surface area (Å²) >= 11 is 0. The van der Waals surface area contributed by atoms with Crippen LogP contribution in [0.5, 0.6) is 11.5 Å². The summed E-state index contributed by atoms with van der Waals surface area (Å²) in [6.07, 6.45) is 2.50. The van der Waals surface area contributed by atoms with Crippen LogP contribution in [0.1, 0.15) is 29.9 Å². The Morgan fingerprint density at radius 2 is 2.00 bits per heavy atom. The van der Waals surface area contributed by atoms with Gasteiger partial charge in [0.2, 0.25) is 0 Å². The molecule has 0 bridgehead atoms. The number of nitro benzene ring substituents is 1. The van der Waals surface area contributed by atoms with Crippen LogP contribution in [0.2, 0.25) is 0 Å². The number of benzene rings is 2. The van der Waals surface area contributed by atoms with Crippen molar-refractivity contribution < 1.29 is 9.66 Å². The van der Waals surface area contributed by atoms with Crippen LogP contribution in [-0.2, 0) is 0 Å². The number of hydrogen-bond acceptors (Lipinski definition) is 3. The van der Waals surface area contributed by atoms with E-state index in [4.69, 9.17) is 4.74 Å². The smallest absolute Gasteiger partial charge is 0.269 e. The fraction of sp³-hybridized carbons (Fsp3) is 0.250. The molecule has 0 atom stereocenters. The molecule has 3 rings (SSSR count). The number of non-ortho nitro benzene ring substituents is 1. The molecule has 2 aromatic rings. The van der Waals surface area contributed by atoms with E-state index in [1.54, 1.807) is 6.07 Å². The monoisotopic (exact) mass is 269 g/mol. The highest BCUT2D eigenvalue weighted by molar-refractivity contribution is 5.45. The molecule has 0 aliphatic heterocycles. The number of ether oxygens (including phenoxy) is 1. The number of hydrogen-bond donors (Lipinski definition) is 0. The summed E-state index contributed by atoms with van der Waals surface area (Å²) in [5.41, 5.74) is 2.15. The molecule has 0 aromatic heterocycles. The number of rotatable bonds is 4. The molecular formula is C16H15NO3. The maximum Gasteiger partial charge on any atom is 0.269 e. The van der Waals surface area contributed by atoms with E-state index < -0.39 is 4.92 Å². The van der Waals surface area contributed by atoms with Crippen molar-refractivity contribution in [2.24, 2.45) is 0 Å². The maximum absolute atomic E-state index is 10.7. The molecule has 1 aliphatic rings. The highest BCUT2D eigenvalue weighted by atomic mass is 16.6. The van der Waals surface area contributed by atoms with Gasteiger partial charge in [-0.05, 0) is 55.0 Å². The first-order valence-corrected chi connectivity index (χ1v) is 6.66. The molecule has 2 aromatic carbocycles. The summed E-state index contributed by atoms with van der Waals surface area (Å²) in [6.45, 7) is 1.81. The third-order valence-electron chi connectivity index (χ3n) is 3.50. The van der Waals surface area contributed by atoms with Crippen LogP contribution in [0.4, 0.5) is 5.69 Å². The minimum Gasteiger partial charge on any atom is -0.457 e. The van der Waals surface area contributed by atoms with Gasteiger partial charge < -0.3 is 4.74 Å². The lowest BCUT2D eigenvalue weighted by Gasteiger charge is -2.09. The molecule has 1 saturated carbocycles. The second kappa shape index (κ2) is 4.96. The summed E-state index contributed by atoms with van der Waals surface area (Å²) in [7, 11) is 0. The van der Waals surface area contributed by atoms with Crippen molar-refractivity contribution in [3.63, 3.8) is 0 Å². The Hall–Kier alpha value is -2.36. The van der Waals surface area contributed by atoms with Gasteiger partial charge in [0.15, 0.2) is 0 Å². The molecule has 4 heteroatoms. The van der Waals surface area contributed by atoms with Crippen LogP contribution in [0.25, 0.3) is 0 Å². The fourth-order valence-corrected chi connectivity index (χ4v) is 2.24. The Labute approximate surface area is 117 Å². The minimum absolute atomic E-state index is 0.0848. The highest BCUT2D eigenvalue weighted by Crippen LogP contribution is 2.41. The zero-order valence-corrected chi connectivity index (χ0v) is 11.2. The number of nitro groups is 1. The third-order valence-corrected chi connectivity index (χ3v) is 3.50. The van der Waals surface area contributed by atoms with Gasteiger partial charge in [-0.3, -0.25) is 10.1 Å². The van der Waals surface area contributed by atoms with E-state index in [1.807, 2.05) is 19.1 Å². The van der Waals surface area contributed by atoms with Gasteiger partial charge in [-0.15, -0.1) is 0 Å². The first kappa shape index (κ1) is 12.7. The molecule has 4 nitrogen and oxygen atoms in total. The standard InChI is InChI=1S/C16H15NO3/c1-11-9-14(17(18)19)7-8-16(11)20-15-4-2-3-13(10-15)12-5-6-12/h2-4,7-10,12H,5-6H2,1H3. The lowest BCUT2D eigenvalue weighted by atomic mass is 10.1. The Kier molecular flexibility index (Phi) is 3.14. The Morgan fingerprint density at radius 1 is 1.20 bits per heavy atom. The van der Waals surface area contributed by atoms with E-state index in [1.165, 1.54) is 30.5 Å². The topological polar surface area (TPSA) is 52.4 Å². The van der Waals surface area contributed by atoms with E-state index in [0.717, 1.165) is 11.3 Å². The summed E-state index contributed by atoms with van der Waals surface area (Å²) in [6, 6.07) is 12.7. The zero-order chi connectivity index (χ0) is 14.1. The quantitative estimate of drug-likeness (QED) is 0.603. The second-order valence-electron chi connectivity index (χ2n) is 5.16. The van der Waals surface area contributed by atoms with Crippen molar-refractivity contribution in [2.45, 2.75) is 25.7 Å². The molecule has 1 fully saturated rings. The Balaban J connectivity index is 1.83. The van der Waals surface area contributed by atoms with Gasteiger partial charge in [0.05, 0.1) is 4.92 Å². The molecule has 0 N–H and O–H groups in total. The molecule has 0 radical (unpaired) electrons. The van der Waals surface area contributed by atoms with Gasteiger partial charge in [-0.25, -0.2) is 0 Å². The third kappa shape index (κ3) is 2.64. The predicted molar refractivity (Wildman–Crippen MR) is 76.3 cm³/mol. The van der Waals surface area contributed by atoms with E-state index >= 15 is 0 Å². The van der Waals surface area contributed by atoms with E-state index in [-0.39, 0.29) is 5.69 Å². The second-order valence-corrected chi connectivity index (χ2v) is 5.16. The average molecular weight is 269 g/mol. The lowest BCUT2D eigenvalue weighted by Crippen LogP contribution is -1.92. The number of nitrogens with zero attached hydrogens (tertiary/aromatic N) is 1. The van der Waals surface area contributed by atoms with Crippen LogP contribution >= 0.6 is 0 Å². The van der Waals surface area contributed by atoms with Crippen molar-refractivity contribution in [3.05, 3.63) is 63.7 Å². The fourth-order valence-electron chi connectivity index (χ4n) is 2.24. The molecular weight excluding hydrogens is 254 g/mol. The van der Waals surface area contributed by atoms with E-state index in [0.29, 0.717) is 11.7 Å². The van der Waals surface area contributed by atoms with Crippen molar-refractivity contribution >= 4 is 5.69 Å². The molecule has 0 heterocycles. The van der Waals surface area contributed by atoms with Crippen LogP contribution in [-0.4, -0.2) is 4.92 Å². The summed E-state index contributed by atoms with van der Waals surface area (Å²) in [4.78, 5) is 10.3. The Morgan fingerprint density at radius 3 is 2.65 bits per heavy atom. The van der Waals surface area contributed by atoms with Crippen LogP contribution in [0.3, 0.4) is 0 Å². The van der Waals surface area contributed by atoms with Gasteiger partial charge in [0, 0.05) is 12.1 Å². The molecule has 0 saturated heterocycles. The van der Waals surface area contributed by atoms with Crippen molar-refractivity contribution in [3.8, 4) is 11.5 Å². The largest absolute Gasteiger partial charge is 0.457 e. The van der Waals surface area contributed by atoms with Crippen molar-refractivity contribution in [2.75, 3.05) is 0 Å². The summed E-state index contributed by atoms with van der Waals surface area (Å²) in [5, 5.41) is 10.7. The van der Waals surface area contributed by atoms with Gasteiger partial charge >= 0.3 is 0 Å². The van der Waals surface area contributed by atoms with Crippen LogP contribution < -0.4 is 4.74 Å². The van der Waals surface area contributed by atoms with Crippen LogP contribution in [0.15, 0.2) is 42.5 Å². The first-order chi connectivity index (χ1) is 9.63. The molecule has 20 heavy (non-hydrogen) atoms. The minimum atomic E-state index is -0.398. The predicted octanol–water partition coefficient (Wildman–Crippen LogP) is 4.57.